The molecule has 0 radical (unpaired) electrons. The van der Waals surface area contributed by atoms with Crippen molar-refractivity contribution in [3.05, 3.63) is 70.0 Å². The maximum atomic E-state index is 5.03. The molecule has 2 aromatic carbocycles. The van der Waals surface area contributed by atoms with E-state index in [0.717, 1.165) is 28.1 Å². The molecule has 0 bridgehead atoms. The van der Waals surface area contributed by atoms with Crippen LogP contribution in [-0.2, 0) is 11.8 Å². The van der Waals surface area contributed by atoms with Gasteiger partial charge in [-0.1, -0.05) is 40.7 Å². The average molecular weight is 502 g/mol. The van der Waals surface area contributed by atoms with Gasteiger partial charge in [0.2, 0.25) is 0 Å². The first kappa shape index (κ1) is 23.6. The Kier molecular flexibility index (Phi) is 6.12. The van der Waals surface area contributed by atoms with Gasteiger partial charge in [0.15, 0.2) is 0 Å². The zero-order chi connectivity index (χ0) is 24.2. The Labute approximate surface area is 216 Å². The molecule has 4 heteroatoms. The highest BCUT2D eigenvalue weighted by Gasteiger charge is 2.21. The Morgan fingerprint density at radius 3 is 2.53 bits per heavy atom. The van der Waals surface area contributed by atoms with Crippen LogP contribution in [-0.4, -0.2) is 4.98 Å². The first-order valence-electron chi connectivity index (χ1n) is 11.9. The van der Waals surface area contributed by atoms with Gasteiger partial charge in [-0.3, -0.25) is 4.98 Å². The third kappa shape index (κ3) is 4.21. The molecule has 1 nitrogen and oxygen atoms in total. The standard InChI is InChI=1S/C30H31NS3/c1-17(2)13-26-18(3)23-15-19(7-8-25(23)34-26)22-9-11-31-27(28(22)32)21-14-20-10-12-33-29(20)24(16-21)30(4,5)6/h7-12,14-17,32H,13H2,1-6H3. The van der Waals surface area contributed by atoms with E-state index < -0.39 is 0 Å². The van der Waals surface area contributed by atoms with Gasteiger partial charge in [0.25, 0.3) is 0 Å². The van der Waals surface area contributed by atoms with Gasteiger partial charge in [-0.25, -0.2) is 0 Å². The molecule has 0 fully saturated rings. The second-order valence-corrected chi connectivity index (χ2v) is 13.1. The normalized spacial score (nSPS) is 12.4. The van der Waals surface area contributed by atoms with Crippen molar-refractivity contribution in [2.24, 2.45) is 5.92 Å². The number of aryl methyl sites for hydroxylation is 1. The summed E-state index contributed by atoms with van der Waals surface area (Å²) in [7, 11) is 0. The summed E-state index contributed by atoms with van der Waals surface area (Å²) in [4.78, 5) is 7.23. The summed E-state index contributed by atoms with van der Waals surface area (Å²) in [5, 5.41) is 4.82. The van der Waals surface area contributed by atoms with Crippen molar-refractivity contribution in [1.29, 1.82) is 0 Å². The number of thiophene rings is 2. The van der Waals surface area contributed by atoms with E-state index in [1.54, 1.807) is 0 Å². The van der Waals surface area contributed by atoms with Crippen molar-refractivity contribution in [3.8, 4) is 22.4 Å². The highest BCUT2D eigenvalue weighted by Crippen LogP contribution is 2.41. The van der Waals surface area contributed by atoms with Gasteiger partial charge in [-0.15, -0.1) is 35.3 Å². The molecule has 0 unspecified atom stereocenters. The van der Waals surface area contributed by atoms with Crippen molar-refractivity contribution >= 4 is 55.5 Å². The Balaban J connectivity index is 1.64. The third-order valence-corrected chi connectivity index (χ3v) is 9.21. The van der Waals surface area contributed by atoms with Crippen LogP contribution in [0.15, 0.2) is 58.9 Å². The van der Waals surface area contributed by atoms with E-state index in [1.807, 2.05) is 28.9 Å². The highest BCUT2D eigenvalue weighted by atomic mass is 32.1. The predicted octanol–water partition coefficient (Wildman–Crippen LogP) is 9.94. The topological polar surface area (TPSA) is 12.9 Å². The number of hydrogen-bond donors (Lipinski definition) is 1. The van der Waals surface area contributed by atoms with Gasteiger partial charge in [0, 0.05) is 30.9 Å². The van der Waals surface area contributed by atoms with E-state index in [1.165, 1.54) is 41.7 Å². The first-order chi connectivity index (χ1) is 16.1. The van der Waals surface area contributed by atoms with Gasteiger partial charge in [0.05, 0.1) is 5.69 Å². The van der Waals surface area contributed by atoms with E-state index in [2.05, 4.69) is 89.4 Å². The van der Waals surface area contributed by atoms with Gasteiger partial charge in [0.1, 0.15) is 0 Å². The lowest BCUT2D eigenvalue weighted by Crippen LogP contribution is -2.11. The van der Waals surface area contributed by atoms with Crippen molar-refractivity contribution in [1.82, 2.24) is 4.98 Å². The molecule has 3 aromatic heterocycles. The number of rotatable bonds is 4. The molecule has 0 saturated carbocycles. The molecule has 0 aliphatic carbocycles. The van der Waals surface area contributed by atoms with Crippen molar-refractivity contribution in [2.45, 2.75) is 58.3 Å². The summed E-state index contributed by atoms with van der Waals surface area (Å²) in [6.07, 6.45) is 3.06. The van der Waals surface area contributed by atoms with E-state index in [9.17, 15) is 0 Å². The molecule has 5 aromatic rings. The smallest absolute Gasteiger partial charge is 0.0841 e. The van der Waals surface area contributed by atoms with Crippen LogP contribution in [0.5, 0.6) is 0 Å². The minimum Gasteiger partial charge on any atom is -0.255 e. The van der Waals surface area contributed by atoms with Crippen LogP contribution < -0.4 is 0 Å². The molecular weight excluding hydrogens is 471 g/mol. The molecule has 5 rings (SSSR count). The van der Waals surface area contributed by atoms with Crippen molar-refractivity contribution < 1.29 is 0 Å². The fourth-order valence-electron chi connectivity index (χ4n) is 4.68. The van der Waals surface area contributed by atoms with E-state index in [0.29, 0.717) is 5.92 Å². The monoisotopic (exact) mass is 501 g/mol. The molecule has 0 aliphatic heterocycles. The number of benzene rings is 2. The number of aromatic nitrogens is 1. The molecule has 0 aliphatic rings. The lowest BCUT2D eigenvalue weighted by molar-refractivity contribution is 0.597. The summed E-state index contributed by atoms with van der Waals surface area (Å²) in [6.45, 7) is 13.7. The molecular formula is C30H31NS3. The van der Waals surface area contributed by atoms with Crippen molar-refractivity contribution in [3.63, 3.8) is 0 Å². The molecule has 0 N–H and O–H groups in total. The van der Waals surface area contributed by atoms with Crippen LogP contribution in [0.1, 0.15) is 50.6 Å². The largest absolute Gasteiger partial charge is 0.255 e. The Morgan fingerprint density at radius 1 is 1.00 bits per heavy atom. The van der Waals surface area contributed by atoms with Gasteiger partial charge < -0.3 is 0 Å². The number of hydrogen-bond acceptors (Lipinski definition) is 4. The van der Waals surface area contributed by atoms with Gasteiger partial charge in [-0.05, 0) is 99.5 Å². The van der Waals surface area contributed by atoms with Crippen LogP contribution in [0.2, 0.25) is 0 Å². The lowest BCUT2D eigenvalue weighted by atomic mass is 9.85. The van der Waals surface area contributed by atoms with Crippen LogP contribution in [0, 0.1) is 12.8 Å². The number of pyridine rings is 1. The second kappa shape index (κ2) is 8.82. The van der Waals surface area contributed by atoms with Crippen LogP contribution in [0.4, 0.5) is 0 Å². The van der Waals surface area contributed by atoms with E-state index >= 15 is 0 Å². The molecule has 0 saturated heterocycles. The van der Waals surface area contributed by atoms with Crippen LogP contribution in [0.25, 0.3) is 42.6 Å². The number of fused-ring (bicyclic) bond motifs is 2. The fraction of sp³-hybridized carbons (Fsp3) is 0.300. The number of thiol groups is 1. The molecule has 3 heterocycles. The summed E-state index contributed by atoms with van der Waals surface area (Å²) >= 11 is 8.79. The Bertz CT molecular complexity index is 1510. The van der Waals surface area contributed by atoms with Gasteiger partial charge in [-0.2, -0.15) is 0 Å². The molecule has 0 atom stereocenters. The minimum absolute atomic E-state index is 0.0582. The summed E-state index contributed by atoms with van der Waals surface area (Å²) in [5.41, 5.74) is 7.26. The van der Waals surface area contributed by atoms with E-state index in [4.69, 9.17) is 17.6 Å². The first-order valence-corrected chi connectivity index (χ1v) is 14.0. The zero-order valence-corrected chi connectivity index (χ0v) is 23.2. The maximum Gasteiger partial charge on any atom is 0.0841 e. The quantitative estimate of drug-likeness (QED) is 0.242. The average Bonchev–Trinajstić information content (AvgIpc) is 3.36. The summed E-state index contributed by atoms with van der Waals surface area (Å²) < 4.78 is 2.73. The number of nitrogens with zero attached hydrogens (tertiary/aromatic N) is 1. The molecule has 34 heavy (non-hydrogen) atoms. The summed E-state index contributed by atoms with van der Waals surface area (Å²) in [5.74, 6) is 0.664. The zero-order valence-electron chi connectivity index (χ0n) is 20.7. The highest BCUT2D eigenvalue weighted by molar-refractivity contribution is 7.80. The fourth-order valence-corrected chi connectivity index (χ4v) is 7.58. The maximum absolute atomic E-state index is 5.03. The van der Waals surface area contributed by atoms with Crippen LogP contribution in [0.3, 0.4) is 0 Å². The molecule has 174 valence electrons. The summed E-state index contributed by atoms with van der Waals surface area (Å²) in [6, 6.07) is 15.7. The van der Waals surface area contributed by atoms with Crippen LogP contribution >= 0.6 is 35.3 Å². The Morgan fingerprint density at radius 2 is 1.79 bits per heavy atom. The SMILES string of the molecule is Cc1c(CC(C)C)sc2ccc(-c3ccnc(-c4cc(C(C)(C)C)c5sccc5c4)c3S)cc12. The molecule has 0 amide bonds. The van der Waals surface area contributed by atoms with E-state index in [-0.39, 0.29) is 5.41 Å². The third-order valence-electron chi connectivity index (χ3n) is 6.50. The van der Waals surface area contributed by atoms with Gasteiger partial charge >= 0.3 is 0 Å². The van der Waals surface area contributed by atoms with Crippen molar-refractivity contribution in [2.75, 3.05) is 0 Å². The Hall–Kier alpha value is -2.14. The second-order valence-electron chi connectivity index (χ2n) is 10.6. The lowest BCUT2D eigenvalue weighted by Gasteiger charge is -2.21. The predicted molar refractivity (Wildman–Crippen MR) is 155 cm³/mol. The minimum atomic E-state index is 0.0582. The molecule has 0 spiro atoms.